The van der Waals surface area contributed by atoms with E-state index in [1.807, 2.05) is 25.1 Å². The van der Waals surface area contributed by atoms with Crippen molar-refractivity contribution in [3.05, 3.63) is 35.9 Å². The van der Waals surface area contributed by atoms with Crippen molar-refractivity contribution in [2.45, 2.75) is 52.1 Å². The number of carbonyl (C=O) groups is 1. The first kappa shape index (κ1) is 15.7. The lowest BCUT2D eigenvalue weighted by molar-refractivity contribution is -0.146. The third-order valence-corrected chi connectivity index (χ3v) is 3.44. The van der Waals surface area contributed by atoms with Gasteiger partial charge in [0.15, 0.2) is 0 Å². The molecule has 1 aromatic carbocycles. The standard InChI is InChI=1S/C16H25NO2/c1-5-12(3)17-15(16(18)19-6-2)13(4)14-10-8-7-9-11-14/h7-13,15,17H,5-6H2,1-4H3. The molecule has 1 N–H and O–H groups in total. The molecule has 3 nitrogen and oxygen atoms in total. The maximum atomic E-state index is 12.1. The van der Waals surface area contributed by atoms with Crippen LogP contribution in [0.25, 0.3) is 0 Å². The molecule has 0 radical (unpaired) electrons. The Morgan fingerprint density at radius 3 is 2.37 bits per heavy atom. The van der Waals surface area contributed by atoms with E-state index < -0.39 is 0 Å². The SMILES string of the molecule is CCOC(=O)C(NC(C)CC)C(C)c1ccccc1. The summed E-state index contributed by atoms with van der Waals surface area (Å²) < 4.78 is 5.19. The van der Waals surface area contributed by atoms with Crippen LogP contribution in [-0.2, 0) is 9.53 Å². The Kier molecular flexibility index (Phi) is 6.57. The van der Waals surface area contributed by atoms with Crippen LogP contribution in [0.3, 0.4) is 0 Å². The van der Waals surface area contributed by atoms with Crippen molar-refractivity contribution in [3.8, 4) is 0 Å². The van der Waals surface area contributed by atoms with Gasteiger partial charge in [-0.2, -0.15) is 0 Å². The zero-order valence-corrected chi connectivity index (χ0v) is 12.3. The normalized spacial score (nSPS) is 15.6. The van der Waals surface area contributed by atoms with E-state index >= 15 is 0 Å². The fourth-order valence-electron chi connectivity index (χ4n) is 2.02. The van der Waals surface area contributed by atoms with Gasteiger partial charge in [0.2, 0.25) is 0 Å². The van der Waals surface area contributed by atoms with Gasteiger partial charge in [0.25, 0.3) is 0 Å². The van der Waals surface area contributed by atoms with Crippen LogP contribution in [0.1, 0.15) is 45.6 Å². The number of esters is 1. The van der Waals surface area contributed by atoms with Crippen LogP contribution >= 0.6 is 0 Å². The van der Waals surface area contributed by atoms with E-state index in [0.29, 0.717) is 12.6 Å². The molecule has 0 bridgehead atoms. The van der Waals surface area contributed by atoms with E-state index in [1.165, 1.54) is 0 Å². The third kappa shape index (κ3) is 4.67. The summed E-state index contributed by atoms with van der Waals surface area (Å²) >= 11 is 0. The van der Waals surface area contributed by atoms with E-state index in [-0.39, 0.29) is 17.9 Å². The van der Waals surface area contributed by atoms with Gasteiger partial charge < -0.3 is 10.1 Å². The first-order chi connectivity index (χ1) is 9.10. The van der Waals surface area contributed by atoms with Crippen molar-refractivity contribution in [1.82, 2.24) is 5.32 Å². The highest BCUT2D eigenvalue weighted by Gasteiger charge is 2.28. The Hall–Kier alpha value is -1.35. The molecule has 0 amide bonds. The van der Waals surface area contributed by atoms with Gasteiger partial charge in [-0.25, -0.2) is 0 Å². The predicted octanol–water partition coefficient (Wildman–Crippen LogP) is 3.11. The predicted molar refractivity (Wildman–Crippen MR) is 78.2 cm³/mol. The molecule has 0 spiro atoms. The van der Waals surface area contributed by atoms with E-state index in [2.05, 4.69) is 38.2 Å². The highest BCUT2D eigenvalue weighted by Crippen LogP contribution is 2.20. The Labute approximate surface area is 116 Å². The monoisotopic (exact) mass is 263 g/mol. The van der Waals surface area contributed by atoms with Gasteiger partial charge in [-0.1, -0.05) is 44.2 Å². The Morgan fingerprint density at radius 2 is 1.84 bits per heavy atom. The van der Waals surface area contributed by atoms with Gasteiger partial charge in [-0.3, -0.25) is 4.79 Å². The summed E-state index contributed by atoms with van der Waals surface area (Å²) in [5.74, 6) is -0.0756. The van der Waals surface area contributed by atoms with Crippen molar-refractivity contribution in [1.29, 1.82) is 0 Å². The summed E-state index contributed by atoms with van der Waals surface area (Å²) in [5, 5.41) is 3.37. The number of hydrogen-bond donors (Lipinski definition) is 1. The Morgan fingerprint density at radius 1 is 1.21 bits per heavy atom. The second-order valence-corrected chi connectivity index (χ2v) is 4.91. The van der Waals surface area contributed by atoms with Crippen LogP contribution in [0.2, 0.25) is 0 Å². The summed E-state index contributed by atoms with van der Waals surface area (Å²) in [5.41, 5.74) is 1.15. The molecule has 0 saturated heterocycles. The number of carbonyl (C=O) groups excluding carboxylic acids is 1. The second-order valence-electron chi connectivity index (χ2n) is 4.91. The van der Waals surface area contributed by atoms with Gasteiger partial charge in [0, 0.05) is 12.0 Å². The molecule has 0 fully saturated rings. The molecule has 0 aliphatic rings. The van der Waals surface area contributed by atoms with Crippen LogP contribution < -0.4 is 5.32 Å². The first-order valence-electron chi connectivity index (χ1n) is 7.07. The van der Waals surface area contributed by atoms with Crippen molar-refractivity contribution >= 4 is 5.97 Å². The maximum absolute atomic E-state index is 12.1. The van der Waals surface area contributed by atoms with Crippen LogP contribution in [0.5, 0.6) is 0 Å². The zero-order valence-electron chi connectivity index (χ0n) is 12.3. The summed E-state index contributed by atoms with van der Waals surface area (Å²) in [6.45, 7) is 8.51. The van der Waals surface area contributed by atoms with E-state index in [4.69, 9.17) is 4.74 Å². The van der Waals surface area contributed by atoms with Gasteiger partial charge in [-0.15, -0.1) is 0 Å². The Bertz CT molecular complexity index is 378. The summed E-state index contributed by atoms with van der Waals surface area (Å²) in [6.07, 6.45) is 0.984. The topological polar surface area (TPSA) is 38.3 Å². The van der Waals surface area contributed by atoms with Crippen molar-refractivity contribution in [2.24, 2.45) is 0 Å². The largest absolute Gasteiger partial charge is 0.465 e. The van der Waals surface area contributed by atoms with Gasteiger partial charge in [0.05, 0.1) is 6.61 Å². The molecule has 3 unspecified atom stereocenters. The minimum absolute atomic E-state index is 0.0919. The molecule has 3 heteroatoms. The molecule has 1 rings (SSSR count). The number of ether oxygens (including phenoxy) is 1. The van der Waals surface area contributed by atoms with E-state index in [0.717, 1.165) is 12.0 Å². The maximum Gasteiger partial charge on any atom is 0.323 e. The molecule has 0 saturated carbocycles. The minimum atomic E-state index is -0.294. The molecule has 0 aliphatic carbocycles. The third-order valence-electron chi connectivity index (χ3n) is 3.44. The zero-order chi connectivity index (χ0) is 14.3. The first-order valence-corrected chi connectivity index (χ1v) is 7.07. The number of rotatable bonds is 7. The second kappa shape index (κ2) is 7.95. The lowest BCUT2D eigenvalue weighted by Crippen LogP contribution is -2.46. The molecule has 0 aromatic heterocycles. The van der Waals surface area contributed by atoms with E-state index in [1.54, 1.807) is 0 Å². The molecule has 106 valence electrons. The summed E-state index contributed by atoms with van der Waals surface area (Å²) in [7, 11) is 0. The van der Waals surface area contributed by atoms with Crippen LogP contribution in [-0.4, -0.2) is 24.7 Å². The summed E-state index contributed by atoms with van der Waals surface area (Å²) in [4.78, 5) is 12.1. The quantitative estimate of drug-likeness (QED) is 0.768. The minimum Gasteiger partial charge on any atom is -0.465 e. The highest BCUT2D eigenvalue weighted by molar-refractivity contribution is 5.77. The lowest BCUT2D eigenvalue weighted by atomic mass is 9.92. The summed E-state index contributed by atoms with van der Waals surface area (Å²) in [6, 6.07) is 10.1. The molecule has 0 aliphatic heterocycles. The fourth-order valence-corrected chi connectivity index (χ4v) is 2.02. The van der Waals surface area contributed by atoms with Crippen LogP contribution in [0, 0.1) is 0 Å². The molecule has 19 heavy (non-hydrogen) atoms. The lowest BCUT2D eigenvalue weighted by Gasteiger charge is -2.26. The Balaban J connectivity index is 2.86. The van der Waals surface area contributed by atoms with Crippen LogP contribution in [0.4, 0.5) is 0 Å². The average Bonchev–Trinajstić information content (AvgIpc) is 2.44. The highest BCUT2D eigenvalue weighted by atomic mass is 16.5. The van der Waals surface area contributed by atoms with Gasteiger partial charge >= 0.3 is 5.97 Å². The molecular weight excluding hydrogens is 238 g/mol. The number of benzene rings is 1. The fraction of sp³-hybridized carbons (Fsp3) is 0.562. The molecule has 3 atom stereocenters. The van der Waals surface area contributed by atoms with Crippen molar-refractivity contribution < 1.29 is 9.53 Å². The number of hydrogen-bond acceptors (Lipinski definition) is 3. The van der Waals surface area contributed by atoms with E-state index in [9.17, 15) is 4.79 Å². The molecular formula is C16H25NO2. The van der Waals surface area contributed by atoms with Crippen molar-refractivity contribution in [2.75, 3.05) is 6.61 Å². The van der Waals surface area contributed by atoms with Crippen molar-refractivity contribution in [3.63, 3.8) is 0 Å². The smallest absolute Gasteiger partial charge is 0.323 e. The molecule has 1 aromatic rings. The average molecular weight is 263 g/mol. The van der Waals surface area contributed by atoms with Gasteiger partial charge in [0.1, 0.15) is 6.04 Å². The number of nitrogens with one attached hydrogen (secondary N) is 1. The molecule has 0 heterocycles. The van der Waals surface area contributed by atoms with Crippen LogP contribution in [0.15, 0.2) is 30.3 Å². The van der Waals surface area contributed by atoms with Gasteiger partial charge in [-0.05, 0) is 25.8 Å².